The molecule has 0 aliphatic carbocycles. The smallest absolute Gasteiger partial charge is 0.145 e. The van der Waals surface area contributed by atoms with E-state index in [4.69, 9.17) is 10.5 Å². The van der Waals surface area contributed by atoms with Gasteiger partial charge < -0.3 is 10.5 Å². The third kappa shape index (κ3) is 4.30. The molecular formula is C18H24N2O. The number of aromatic nitrogens is 1. The Bertz CT molecular complexity index is 581. The van der Waals surface area contributed by atoms with Gasteiger partial charge in [-0.15, -0.1) is 0 Å². The molecule has 0 spiro atoms. The van der Waals surface area contributed by atoms with Gasteiger partial charge in [-0.25, -0.2) is 0 Å². The highest BCUT2D eigenvalue weighted by Crippen LogP contribution is 2.31. The van der Waals surface area contributed by atoms with E-state index in [0.29, 0.717) is 5.92 Å². The Hall–Kier alpha value is -1.87. The molecule has 0 saturated carbocycles. The van der Waals surface area contributed by atoms with E-state index in [1.807, 2.05) is 31.3 Å². The van der Waals surface area contributed by atoms with Crippen LogP contribution >= 0.6 is 0 Å². The zero-order chi connectivity index (χ0) is 15.2. The van der Waals surface area contributed by atoms with E-state index < -0.39 is 0 Å². The van der Waals surface area contributed by atoms with Gasteiger partial charge in [0, 0.05) is 12.2 Å². The molecule has 2 aromatic rings. The molecule has 1 aromatic carbocycles. The fraction of sp³-hybridized carbons (Fsp3) is 0.389. The highest BCUT2D eigenvalue weighted by Gasteiger charge is 2.10. The van der Waals surface area contributed by atoms with Crippen LogP contribution in [0.25, 0.3) is 0 Å². The van der Waals surface area contributed by atoms with Crippen LogP contribution in [0.5, 0.6) is 11.5 Å². The summed E-state index contributed by atoms with van der Waals surface area (Å²) in [4.78, 5) is 4.25. The van der Waals surface area contributed by atoms with E-state index in [2.05, 4.69) is 31.0 Å². The lowest BCUT2D eigenvalue weighted by molar-refractivity contribution is 0.467. The minimum absolute atomic E-state index is 0.120. The minimum atomic E-state index is 0.120. The summed E-state index contributed by atoms with van der Waals surface area (Å²) >= 11 is 0. The third-order valence-electron chi connectivity index (χ3n) is 3.62. The van der Waals surface area contributed by atoms with E-state index in [1.165, 1.54) is 5.56 Å². The standard InChI is InChI=1S/C18H24N2O/c1-4-13(2)17-7-5-6-8-18(17)21-16-10-15(9-14(3)19)11-20-12-16/h5-8,10-14H,4,9,19H2,1-3H3. The first-order valence-corrected chi connectivity index (χ1v) is 7.56. The van der Waals surface area contributed by atoms with Crippen molar-refractivity contribution >= 4 is 0 Å². The van der Waals surface area contributed by atoms with Crippen LogP contribution in [0.2, 0.25) is 0 Å². The Morgan fingerprint density at radius 3 is 2.67 bits per heavy atom. The minimum Gasteiger partial charge on any atom is -0.455 e. The van der Waals surface area contributed by atoms with E-state index >= 15 is 0 Å². The van der Waals surface area contributed by atoms with Gasteiger partial charge in [-0.05, 0) is 48.9 Å². The lowest BCUT2D eigenvalue weighted by atomic mass is 9.98. The molecule has 112 valence electrons. The first kappa shape index (κ1) is 15.5. The second-order valence-electron chi connectivity index (χ2n) is 5.66. The maximum Gasteiger partial charge on any atom is 0.145 e. The van der Waals surface area contributed by atoms with Crippen LogP contribution in [0.15, 0.2) is 42.7 Å². The Morgan fingerprint density at radius 2 is 1.95 bits per heavy atom. The van der Waals surface area contributed by atoms with Gasteiger partial charge in [0.05, 0.1) is 6.20 Å². The fourth-order valence-corrected chi connectivity index (χ4v) is 2.33. The first-order valence-electron chi connectivity index (χ1n) is 7.56. The SMILES string of the molecule is CCC(C)c1ccccc1Oc1cncc(CC(C)N)c1. The van der Waals surface area contributed by atoms with Crippen molar-refractivity contribution in [2.45, 2.75) is 45.6 Å². The second-order valence-corrected chi connectivity index (χ2v) is 5.66. The molecule has 2 rings (SSSR count). The molecule has 0 bridgehead atoms. The summed E-state index contributed by atoms with van der Waals surface area (Å²) in [5, 5.41) is 0. The van der Waals surface area contributed by atoms with Crippen LogP contribution in [-0.2, 0) is 6.42 Å². The number of rotatable bonds is 6. The number of para-hydroxylation sites is 1. The predicted molar refractivity (Wildman–Crippen MR) is 86.8 cm³/mol. The van der Waals surface area contributed by atoms with Crippen molar-refractivity contribution in [3.05, 3.63) is 53.9 Å². The molecule has 3 heteroatoms. The van der Waals surface area contributed by atoms with E-state index in [0.717, 1.165) is 29.9 Å². The van der Waals surface area contributed by atoms with Crippen LogP contribution in [0.4, 0.5) is 0 Å². The summed E-state index contributed by atoms with van der Waals surface area (Å²) in [6.45, 7) is 6.39. The van der Waals surface area contributed by atoms with Gasteiger partial charge in [0.15, 0.2) is 0 Å². The van der Waals surface area contributed by atoms with Crippen molar-refractivity contribution in [1.29, 1.82) is 0 Å². The molecule has 2 unspecified atom stereocenters. The van der Waals surface area contributed by atoms with Crippen molar-refractivity contribution < 1.29 is 4.74 Å². The molecule has 1 aromatic heterocycles. The number of hydrogen-bond donors (Lipinski definition) is 1. The molecule has 1 heterocycles. The van der Waals surface area contributed by atoms with Crippen molar-refractivity contribution in [3.8, 4) is 11.5 Å². The second kappa shape index (κ2) is 7.23. The lowest BCUT2D eigenvalue weighted by Gasteiger charge is -2.15. The molecule has 0 amide bonds. The van der Waals surface area contributed by atoms with Crippen LogP contribution < -0.4 is 10.5 Å². The van der Waals surface area contributed by atoms with Gasteiger partial charge >= 0.3 is 0 Å². The number of pyridine rings is 1. The fourth-order valence-electron chi connectivity index (χ4n) is 2.33. The van der Waals surface area contributed by atoms with Gasteiger partial charge in [-0.1, -0.05) is 32.0 Å². The largest absolute Gasteiger partial charge is 0.455 e. The van der Waals surface area contributed by atoms with Crippen molar-refractivity contribution in [2.24, 2.45) is 5.73 Å². The average Bonchev–Trinajstić information content (AvgIpc) is 2.47. The summed E-state index contributed by atoms with van der Waals surface area (Å²) in [7, 11) is 0. The molecule has 3 nitrogen and oxygen atoms in total. The topological polar surface area (TPSA) is 48.1 Å². The normalized spacial score (nSPS) is 13.7. The van der Waals surface area contributed by atoms with Crippen LogP contribution in [0.3, 0.4) is 0 Å². The van der Waals surface area contributed by atoms with Crippen molar-refractivity contribution in [1.82, 2.24) is 4.98 Å². The predicted octanol–water partition coefficient (Wildman–Crippen LogP) is 4.28. The summed E-state index contributed by atoms with van der Waals surface area (Å²) in [6.07, 6.45) is 5.48. The van der Waals surface area contributed by atoms with Gasteiger partial charge in [0.2, 0.25) is 0 Å². The molecule has 0 aliphatic rings. The number of ether oxygens (including phenoxy) is 1. The lowest BCUT2D eigenvalue weighted by Crippen LogP contribution is -2.17. The molecule has 2 atom stereocenters. The summed E-state index contributed by atoms with van der Waals surface area (Å²) in [5.74, 6) is 2.15. The zero-order valence-corrected chi connectivity index (χ0v) is 13.0. The van der Waals surface area contributed by atoms with Crippen LogP contribution in [0, 0.1) is 0 Å². The van der Waals surface area contributed by atoms with Gasteiger partial charge in [0.1, 0.15) is 11.5 Å². The summed E-state index contributed by atoms with van der Waals surface area (Å²) in [6, 6.07) is 10.3. The first-order chi connectivity index (χ1) is 10.1. The maximum absolute atomic E-state index is 6.05. The third-order valence-corrected chi connectivity index (χ3v) is 3.62. The quantitative estimate of drug-likeness (QED) is 0.861. The summed E-state index contributed by atoms with van der Waals surface area (Å²) in [5.41, 5.74) is 8.17. The Labute approximate surface area is 127 Å². The van der Waals surface area contributed by atoms with Crippen LogP contribution in [0.1, 0.15) is 44.2 Å². The monoisotopic (exact) mass is 284 g/mol. The van der Waals surface area contributed by atoms with Gasteiger partial charge in [0.25, 0.3) is 0 Å². The highest BCUT2D eigenvalue weighted by atomic mass is 16.5. The highest BCUT2D eigenvalue weighted by molar-refractivity contribution is 5.39. The van der Waals surface area contributed by atoms with Gasteiger partial charge in [-0.3, -0.25) is 4.98 Å². The van der Waals surface area contributed by atoms with E-state index in [1.54, 1.807) is 6.20 Å². The summed E-state index contributed by atoms with van der Waals surface area (Å²) < 4.78 is 6.05. The number of hydrogen-bond acceptors (Lipinski definition) is 3. The Kier molecular flexibility index (Phi) is 5.34. The molecule has 0 saturated heterocycles. The number of benzene rings is 1. The Balaban J connectivity index is 2.22. The molecular weight excluding hydrogens is 260 g/mol. The van der Waals surface area contributed by atoms with Crippen molar-refractivity contribution in [2.75, 3.05) is 0 Å². The maximum atomic E-state index is 6.05. The zero-order valence-electron chi connectivity index (χ0n) is 13.0. The van der Waals surface area contributed by atoms with Crippen LogP contribution in [-0.4, -0.2) is 11.0 Å². The molecule has 0 radical (unpaired) electrons. The van der Waals surface area contributed by atoms with Crippen molar-refractivity contribution in [3.63, 3.8) is 0 Å². The molecule has 0 aliphatic heterocycles. The van der Waals surface area contributed by atoms with Gasteiger partial charge in [-0.2, -0.15) is 0 Å². The van der Waals surface area contributed by atoms with E-state index in [-0.39, 0.29) is 6.04 Å². The average molecular weight is 284 g/mol. The molecule has 21 heavy (non-hydrogen) atoms. The molecule has 2 N–H and O–H groups in total. The van der Waals surface area contributed by atoms with E-state index in [9.17, 15) is 0 Å². The molecule has 0 fully saturated rings. The number of nitrogens with zero attached hydrogens (tertiary/aromatic N) is 1. The number of nitrogens with two attached hydrogens (primary N) is 1. The Morgan fingerprint density at radius 1 is 1.19 bits per heavy atom.